The topological polar surface area (TPSA) is 124 Å². The molecule has 1 N–H and O–H groups in total. The number of ether oxygens (including phenoxy) is 3. The molecule has 0 aliphatic carbocycles. The van der Waals surface area contributed by atoms with E-state index in [9.17, 15) is 14.4 Å². The number of aliphatic hydroxyl groups is 1. The van der Waals surface area contributed by atoms with Crippen molar-refractivity contribution in [2.24, 2.45) is 21.9 Å². The number of oxime groups is 1. The van der Waals surface area contributed by atoms with Gasteiger partial charge in [-0.3, -0.25) is 9.59 Å². The van der Waals surface area contributed by atoms with Crippen LogP contribution < -0.4 is 0 Å². The molecule has 0 amide bonds. The van der Waals surface area contributed by atoms with Crippen molar-refractivity contribution in [3.8, 4) is 0 Å². The van der Waals surface area contributed by atoms with E-state index in [4.69, 9.17) is 24.2 Å². The van der Waals surface area contributed by atoms with E-state index in [0.29, 0.717) is 13.0 Å². The molecule has 1 aliphatic rings. The molecule has 1 heterocycles. The molecule has 1 aliphatic heterocycles. The van der Waals surface area contributed by atoms with E-state index < -0.39 is 34.7 Å². The fourth-order valence-electron chi connectivity index (χ4n) is 5.15. The number of epoxide rings is 1. The van der Waals surface area contributed by atoms with Crippen LogP contribution in [0.2, 0.25) is 0 Å². The molecular formula is C34H41NO8. The molecule has 0 bridgehead atoms. The second kappa shape index (κ2) is 14.1. The Kier molecular flexibility index (Phi) is 10.5. The lowest BCUT2D eigenvalue weighted by Crippen LogP contribution is -2.38. The summed E-state index contributed by atoms with van der Waals surface area (Å²) in [5.41, 5.74) is -1.29. The van der Waals surface area contributed by atoms with Crippen LogP contribution in [0.5, 0.6) is 0 Å². The Morgan fingerprint density at radius 3 is 2.21 bits per heavy atom. The summed E-state index contributed by atoms with van der Waals surface area (Å²) in [7, 11) is 0. The van der Waals surface area contributed by atoms with Crippen molar-refractivity contribution in [3.63, 3.8) is 0 Å². The number of benzene rings is 3. The summed E-state index contributed by atoms with van der Waals surface area (Å²) in [6, 6.07) is 18.0. The van der Waals surface area contributed by atoms with E-state index in [1.165, 1.54) is 0 Å². The van der Waals surface area contributed by atoms with Crippen LogP contribution >= 0.6 is 0 Å². The third-order valence-electron chi connectivity index (χ3n) is 8.09. The van der Waals surface area contributed by atoms with Crippen LogP contribution in [0, 0.1) is 16.7 Å². The summed E-state index contributed by atoms with van der Waals surface area (Å²) in [6.45, 7) is 7.60. The predicted octanol–water partition coefficient (Wildman–Crippen LogP) is 5.58. The first kappa shape index (κ1) is 32.1. The lowest BCUT2D eigenvalue weighted by molar-refractivity contribution is -0.162. The Morgan fingerprint density at radius 1 is 1.00 bits per heavy atom. The zero-order valence-electron chi connectivity index (χ0n) is 25.3. The molecule has 3 aromatic rings. The Morgan fingerprint density at radius 2 is 1.63 bits per heavy atom. The fourth-order valence-corrected chi connectivity index (χ4v) is 5.15. The number of fused-ring (bicyclic) bond motifs is 2. The molecule has 4 rings (SSSR count). The number of hydrogen-bond donors (Lipinski definition) is 1. The molecule has 0 aromatic heterocycles. The highest BCUT2D eigenvalue weighted by atomic mass is 16.7. The van der Waals surface area contributed by atoms with Crippen LogP contribution in [0.25, 0.3) is 21.5 Å². The van der Waals surface area contributed by atoms with E-state index in [1.807, 2.05) is 55.5 Å². The number of carbonyl (C=O) groups is 3. The van der Waals surface area contributed by atoms with Gasteiger partial charge >= 0.3 is 17.9 Å². The van der Waals surface area contributed by atoms with Crippen LogP contribution in [0.4, 0.5) is 0 Å². The van der Waals surface area contributed by atoms with Crippen molar-refractivity contribution in [1.29, 1.82) is 0 Å². The fraction of sp³-hybridized carbons (Fsp3) is 0.471. The number of hydrogen-bond acceptors (Lipinski definition) is 9. The van der Waals surface area contributed by atoms with Gasteiger partial charge < -0.3 is 24.2 Å². The van der Waals surface area contributed by atoms with Crippen molar-refractivity contribution in [1.82, 2.24) is 0 Å². The molecule has 1 saturated heterocycles. The molecule has 3 unspecified atom stereocenters. The predicted molar refractivity (Wildman–Crippen MR) is 163 cm³/mol. The van der Waals surface area contributed by atoms with Gasteiger partial charge in [0.2, 0.25) is 0 Å². The second-order valence-electron chi connectivity index (χ2n) is 12.0. The van der Waals surface area contributed by atoms with E-state index in [1.54, 1.807) is 27.0 Å². The lowest BCUT2D eigenvalue weighted by atomic mass is 9.73. The van der Waals surface area contributed by atoms with E-state index in [-0.39, 0.29) is 45.2 Å². The minimum Gasteiger partial charge on any atom is -0.465 e. The summed E-state index contributed by atoms with van der Waals surface area (Å²) in [5, 5.41) is 17.2. The molecule has 230 valence electrons. The van der Waals surface area contributed by atoms with Crippen LogP contribution in [0.3, 0.4) is 0 Å². The average Bonchev–Trinajstić information content (AvgIpc) is 3.83. The van der Waals surface area contributed by atoms with Gasteiger partial charge in [0.1, 0.15) is 12.7 Å². The van der Waals surface area contributed by atoms with Gasteiger partial charge in [0, 0.05) is 18.6 Å². The maximum absolute atomic E-state index is 13.3. The largest absolute Gasteiger partial charge is 0.465 e. The third kappa shape index (κ3) is 8.18. The van der Waals surface area contributed by atoms with Crippen molar-refractivity contribution in [2.45, 2.75) is 59.5 Å². The normalized spacial score (nSPS) is 17.0. The van der Waals surface area contributed by atoms with Gasteiger partial charge in [0.05, 0.1) is 36.2 Å². The minimum atomic E-state index is -1.14. The SMILES string of the molecule is CCC(C)(CC(CC(C)(C)C(=O)O/N=C/c1c2ccccc2cc2ccccc12)C(=O)OCCCO)C(=O)OCC1CO1. The Hall–Kier alpha value is -3.82. The lowest BCUT2D eigenvalue weighted by Gasteiger charge is -2.32. The summed E-state index contributed by atoms with van der Waals surface area (Å²) in [6.07, 6.45) is 2.36. The van der Waals surface area contributed by atoms with Gasteiger partial charge in [-0.05, 0) is 67.6 Å². The monoisotopic (exact) mass is 591 g/mol. The number of carbonyl (C=O) groups excluding carboxylic acids is 3. The quantitative estimate of drug-likeness (QED) is 0.0462. The highest BCUT2D eigenvalue weighted by Gasteiger charge is 2.43. The summed E-state index contributed by atoms with van der Waals surface area (Å²) in [4.78, 5) is 45.0. The van der Waals surface area contributed by atoms with Crippen molar-refractivity contribution in [2.75, 3.05) is 26.4 Å². The van der Waals surface area contributed by atoms with Gasteiger partial charge in [-0.2, -0.15) is 0 Å². The Balaban J connectivity index is 1.51. The van der Waals surface area contributed by atoms with Gasteiger partial charge in [0.15, 0.2) is 0 Å². The van der Waals surface area contributed by atoms with Crippen LogP contribution in [-0.2, 0) is 33.4 Å². The smallest absolute Gasteiger partial charge is 0.340 e. The summed E-state index contributed by atoms with van der Waals surface area (Å²) < 4.78 is 16.0. The highest BCUT2D eigenvalue weighted by molar-refractivity contribution is 6.13. The zero-order chi connectivity index (χ0) is 31.0. The Labute approximate surface area is 252 Å². The molecule has 3 atom stereocenters. The molecule has 0 radical (unpaired) electrons. The minimum absolute atomic E-state index is 0.0340. The van der Waals surface area contributed by atoms with Gasteiger partial charge in [-0.1, -0.05) is 60.6 Å². The first-order valence-corrected chi connectivity index (χ1v) is 14.8. The van der Waals surface area contributed by atoms with E-state index in [2.05, 4.69) is 11.2 Å². The summed E-state index contributed by atoms with van der Waals surface area (Å²) in [5.74, 6) is -2.39. The highest BCUT2D eigenvalue weighted by Crippen LogP contribution is 2.38. The standard InChI is InChI=1S/C34H41NO8/c1-5-34(4,32(39)42-22-26-21-41-26)19-25(30(37)40-16-10-15-36)18-33(2,3)31(38)43-35-20-29-27-13-8-6-11-23(27)17-24-12-7-9-14-28(24)29/h6-9,11-14,17,20,25-26,36H,5,10,15-16,18-19,21-22H2,1-4H3/b35-20+. The molecule has 0 saturated carbocycles. The second-order valence-corrected chi connectivity index (χ2v) is 12.0. The van der Waals surface area contributed by atoms with Crippen molar-refractivity contribution in [3.05, 3.63) is 60.2 Å². The molecule has 43 heavy (non-hydrogen) atoms. The van der Waals surface area contributed by atoms with E-state index >= 15 is 0 Å². The first-order valence-electron chi connectivity index (χ1n) is 14.8. The average molecular weight is 592 g/mol. The first-order chi connectivity index (χ1) is 20.6. The van der Waals surface area contributed by atoms with E-state index in [0.717, 1.165) is 27.1 Å². The van der Waals surface area contributed by atoms with Crippen LogP contribution in [0.1, 0.15) is 58.9 Å². The molecule has 9 heteroatoms. The van der Waals surface area contributed by atoms with Crippen molar-refractivity contribution >= 4 is 45.7 Å². The van der Waals surface area contributed by atoms with Crippen LogP contribution in [-0.4, -0.2) is 61.8 Å². The van der Waals surface area contributed by atoms with Gasteiger partial charge in [-0.25, -0.2) is 4.79 Å². The number of aliphatic hydroxyl groups excluding tert-OH is 1. The Bertz CT molecular complexity index is 1420. The number of esters is 2. The number of nitrogens with zero attached hydrogens (tertiary/aromatic N) is 1. The number of rotatable bonds is 15. The maximum atomic E-state index is 13.3. The molecular weight excluding hydrogens is 550 g/mol. The molecule has 1 fully saturated rings. The van der Waals surface area contributed by atoms with Crippen molar-refractivity contribution < 1.29 is 38.5 Å². The third-order valence-corrected chi connectivity index (χ3v) is 8.09. The van der Waals surface area contributed by atoms with Gasteiger partial charge in [0.25, 0.3) is 0 Å². The zero-order valence-corrected chi connectivity index (χ0v) is 25.3. The van der Waals surface area contributed by atoms with Gasteiger partial charge in [-0.15, -0.1) is 0 Å². The maximum Gasteiger partial charge on any atom is 0.340 e. The van der Waals surface area contributed by atoms with Crippen LogP contribution in [0.15, 0.2) is 59.8 Å². The summed E-state index contributed by atoms with van der Waals surface area (Å²) >= 11 is 0. The molecule has 3 aromatic carbocycles. The molecule has 0 spiro atoms. The molecule has 9 nitrogen and oxygen atoms in total.